The summed E-state index contributed by atoms with van der Waals surface area (Å²) in [5.41, 5.74) is 1.75. The van der Waals surface area contributed by atoms with Gasteiger partial charge in [-0.25, -0.2) is 0 Å². The summed E-state index contributed by atoms with van der Waals surface area (Å²) in [5, 5.41) is 14.0. The predicted molar refractivity (Wildman–Crippen MR) is 73.3 cm³/mol. The van der Waals surface area contributed by atoms with Crippen molar-refractivity contribution in [2.24, 2.45) is 7.05 Å². The summed E-state index contributed by atoms with van der Waals surface area (Å²) in [6, 6.07) is 11.5. The van der Waals surface area contributed by atoms with Gasteiger partial charge in [-0.1, -0.05) is 12.1 Å². The van der Waals surface area contributed by atoms with Crippen molar-refractivity contribution in [2.45, 2.75) is 6.42 Å². The van der Waals surface area contributed by atoms with E-state index in [1.165, 1.54) is 0 Å². The molecule has 0 spiro atoms. The van der Waals surface area contributed by atoms with Crippen LogP contribution in [0.4, 0.5) is 0 Å². The lowest BCUT2D eigenvalue weighted by atomic mass is 10.2. The van der Waals surface area contributed by atoms with Crippen LogP contribution in [0.2, 0.25) is 0 Å². The standard InChI is InChI=1S/C15H13N3O2/c1-18-11(6-8-17-18)7-9-19-15-12-4-2-3-5-13(12)20-14(15)10-16/h2-6,8H,7,9H2,1H3. The molecule has 0 aliphatic rings. The van der Waals surface area contributed by atoms with Crippen molar-refractivity contribution in [3.8, 4) is 11.8 Å². The highest BCUT2D eigenvalue weighted by Crippen LogP contribution is 2.32. The third-order valence-electron chi connectivity index (χ3n) is 3.18. The molecule has 0 bridgehead atoms. The molecule has 2 heterocycles. The fourth-order valence-corrected chi connectivity index (χ4v) is 2.14. The quantitative estimate of drug-likeness (QED) is 0.729. The molecule has 0 fully saturated rings. The number of para-hydroxylation sites is 1. The molecule has 2 aromatic heterocycles. The third-order valence-corrected chi connectivity index (χ3v) is 3.18. The number of rotatable bonds is 4. The number of hydrogen-bond donors (Lipinski definition) is 0. The van der Waals surface area contributed by atoms with Crippen LogP contribution < -0.4 is 4.74 Å². The first kappa shape index (κ1) is 12.3. The van der Waals surface area contributed by atoms with Crippen LogP contribution in [0.25, 0.3) is 11.0 Å². The first-order valence-electron chi connectivity index (χ1n) is 6.31. The van der Waals surface area contributed by atoms with Gasteiger partial charge in [0, 0.05) is 25.4 Å². The lowest BCUT2D eigenvalue weighted by Crippen LogP contribution is -2.06. The summed E-state index contributed by atoms with van der Waals surface area (Å²) in [4.78, 5) is 0. The Bertz CT molecular complexity index is 780. The Morgan fingerprint density at radius 3 is 2.95 bits per heavy atom. The number of nitriles is 1. The molecule has 5 nitrogen and oxygen atoms in total. The Morgan fingerprint density at radius 2 is 2.20 bits per heavy atom. The van der Waals surface area contributed by atoms with E-state index in [4.69, 9.17) is 14.4 Å². The Hall–Kier alpha value is -2.74. The molecule has 0 atom stereocenters. The van der Waals surface area contributed by atoms with Crippen molar-refractivity contribution < 1.29 is 9.15 Å². The minimum absolute atomic E-state index is 0.219. The van der Waals surface area contributed by atoms with Crippen molar-refractivity contribution in [1.82, 2.24) is 9.78 Å². The van der Waals surface area contributed by atoms with Gasteiger partial charge >= 0.3 is 0 Å². The first-order valence-corrected chi connectivity index (χ1v) is 6.31. The minimum Gasteiger partial charge on any atom is -0.488 e. The van der Waals surface area contributed by atoms with Crippen molar-refractivity contribution in [3.63, 3.8) is 0 Å². The van der Waals surface area contributed by atoms with Gasteiger partial charge in [-0.15, -0.1) is 0 Å². The van der Waals surface area contributed by atoms with Crippen LogP contribution in [0.1, 0.15) is 11.5 Å². The molecule has 3 rings (SSSR count). The number of hydrogen-bond acceptors (Lipinski definition) is 4. The molecule has 0 unspecified atom stereocenters. The number of aryl methyl sites for hydroxylation is 1. The Balaban J connectivity index is 1.80. The summed E-state index contributed by atoms with van der Waals surface area (Å²) >= 11 is 0. The zero-order chi connectivity index (χ0) is 13.9. The van der Waals surface area contributed by atoms with Gasteiger partial charge < -0.3 is 9.15 Å². The van der Waals surface area contributed by atoms with Crippen molar-refractivity contribution in [2.75, 3.05) is 6.61 Å². The lowest BCUT2D eigenvalue weighted by Gasteiger charge is -2.05. The van der Waals surface area contributed by atoms with Crippen LogP contribution in [0.5, 0.6) is 5.75 Å². The largest absolute Gasteiger partial charge is 0.488 e. The molecule has 5 heteroatoms. The summed E-state index contributed by atoms with van der Waals surface area (Å²) in [6.45, 7) is 0.470. The van der Waals surface area contributed by atoms with Crippen LogP contribution in [-0.2, 0) is 13.5 Å². The predicted octanol–water partition coefficient (Wildman–Crippen LogP) is 2.66. The molecule has 20 heavy (non-hydrogen) atoms. The van der Waals surface area contributed by atoms with E-state index >= 15 is 0 Å². The first-order chi connectivity index (χ1) is 9.79. The smallest absolute Gasteiger partial charge is 0.246 e. The van der Waals surface area contributed by atoms with Gasteiger partial charge in [-0.05, 0) is 18.2 Å². The number of nitrogens with zero attached hydrogens (tertiary/aromatic N) is 3. The Labute approximate surface area is 116 Å². The maximum atomic E-state index is 9.11. The average Bonchev–Trinajstić information content (AvgIpc) is 3.03. The Morgan fingerprint density at radius 1 is 1.35 bits per heavy atom. The zero-order valence-corrected chi connectivity index (χ0v) is 11.0. The topological polar surface area (TPSA) is 64.0 Å². The van der Waals surface area contributed by atoms with Gasteiger partial charge in [0.05, 0.1) is 12.0 Å². The van der Waals surface area contributed by atoms with E-state index in [-0.39, 0.29) is 5.76 Å². The molecule has 0 aliphatic carbocycles. The fraction of sp³-hybridized carbons (Fsp3) is 0.200. The number of benzene rings is 1. The molecule has 0 N–H and O–H groups in total. The molecule has 0 aliphatic heterocycles. The van der Waals surface area contributed by atoms with Crippen LogP contribution >= 0.6 is 0 Å². The molecule has 0 saturated carbocycles. The van der Waals surface area contributed by atoms with Crippen molar-refractivity contribution in [1.29, 1.82) is 5.26 Å². The SMILES string of the molecule is Cn1nccc1CCOc1c(C#N)oc2ccccc12. The Kier molecular flexibility index (Phi) is 3.13. The number of aromatic nitrogens is 2. The highest BCUT2D eigenvalue weighted by molar-refractivity contribution is 5.86. The lowest BCUT2D eigenvalue weighted by molar-refractivity contribution is 0.315. The average molecular weight is 267 g/mol. The van der Waals surface area contributed by atoms with Gasteiger partial charge in [0.25, 0.3) is 0 Å². The van der Waals surface area contributed by atoms with Gasteiger partial charge in [0.1, 0.15) is 11.7 Å². The van der Waals surface area contributed by atoms with E-state index in [2.05, 4.69) is 5.10 Å². The van der Waals surface area contributed by atoms with Crippen LogP contribution in [0.3, 0.4) is 0 Å². The zero-order valence-electron chi connectivity index (χ0n) is 11.0. The van der Waals surface area contributed by atoms with Crippen LogP contribution in [0, 0.1) is 11.3 Å². The maximum Gasteiger partial charge on any atom is 0.246 e. The maximum absolute atomic E-state index is 9.11. The fourth-order valence-electron chi connectivity index (χ4n) is 2.14. The third kappa shape index (κ3) is 2.12. The van der Waals surface area contributed by atoms with E-state index in [9.17, 15) is 0 Å². The number of furan rings is 1. The minimum atomic E-state index is 0.219. The van der Waals surface area contributed by atoms with Gasteiger partial charge in [0.2, 0.25) is 5.76 Å². The highest BCUT2D eigenvalue weighted by Gasteiger charge is 2.14. The summed E-state index contributed by atoms with van der Waals surface area (Å²) in [6.07, 6.45) is 2.48. The second-order valence-electron chi connectivity index (χ2n) is 4.41. The van der Waals surface area contributed by atoms with E-state index in [0.717, 1.165) is 17.5 Å². The summed E-state index contributed by atoms with van der Waals surface area (Å²) in [5.74, 6) is 0.737. The molecule has 0 saturated heterocycles. The molecule has 100 valence electrons. The second kappa shape index (κ2) is 5.10. The summed E-state index contributed by atoms with van der Waals surface area (Å²) in [7, 11) is 1.89. The van der Waals surface area contributed by atoms with Gasteiger partial charge in [0.15, 0.2) is 5.75 Å². The highest BCUT2D eigenvalue weighted by atomic mass is 16.5. The van der Waals surface area contributed by atoms with Crippen molar-refractivity contribution >= 4 is 11.0 Å². The van der Waals surface area contributed by atoms with E-state index < -0.39 is 0 Å². The normalized spacial score (nSPS) is 10.6. The van der Waals surface area contributed by atoms with E-state index in [1.54, 1.807) is 6.20 Å². The molecule has 1 aromatic carbocycles. The van der Waals surface area contributed by atoms with Gasteiger partial charge in [-0.2, -0.15) is 10.4 Å². The number of fused-ring (bicyclic) bond motifs is 1. The van der Waals surface area contributed by atoms with E-state index in [1.807, 2.05) is 48.1 Å². The van der Waals surface area contributed by atoms with E-state index in [0.29, 0.717) is 17.9 Å². The summed E-state index contributed by atoms with van der Waals surface area (Å²) < 4.78 is 13.0. The molecular weight excluding hydrogens is 254 g/mol. The van der Waals surface area contributed by atoms with Crippen molar-refractivity contribution in [3.05, 3.63) is 48.0 Å². The number of ether oxygens (including phenoxy) is 1. The van der Waals surface area contributed by atoms with Gasteiger partial charge in [-0.3, -0.25) is 4.68 Å². The second-order valence-corrected chi connectivity index (χ2v) is 4.41. The van der Waals surface area contributed by atoms with Crippen LogP contribution in [-0.4, -0.2) is 16.4 Å². The molecule has 0 radical (unpaired) electrons. The molecular formula is C15H13N3O2. The monoisotopic (exact) mass is 267 g/mol. The molecule has 0 amide bonds. The molecule has 3 aromatic rings. The van der Waals surface area contributed by atoms with Crippen LogP contribution in [0.15, 0.2) is 40.9 Å².